The third-order valence-corrected chi connectivity index (χ3v) is 7.05. The molecule has 0 bridgehead atoms. The average molecular weight is 539 g/mol. The molecule has 1 fully saturated rings. The summed E-state index contributed by atoms with van der Waals surface area (Å²) >= 11 is 0. The molecular weight excluding hydrogens is 505 g/mol. The van der Waals surface area contributed by atoms with Crippen LogP contribution in [-0.2, 0) is 11.2 Å². The van der Waals surface area contributed by atoms with Crippen LogP contribution in [0.3, 0.4) is 0 Å². The molecule has 1 aliphatic rings. The second-order valence-electron chi connectivity index (χ2n) is 10.5. The summed E-state index contributed by atoms with van der Waals surface area (Å²) in [7, 11) is 0. The fourth-order valence-corrected chi connectivity index (χ4v) is 5.16. The van der Waals surface area contributed by atoms with Gasteiger partial charge in [-0.3, -0.25) is 4.79 Å². The summed E-state index contributed by atoms with van der Waals surface area (Å²) in [5, 5.41) is 12.6. The highest BCUT2D eigenvalue weighted by atomic mass is 19.3. The number of hydrogen-bond acceptors (Lipinski definition) is 3. The van der Waals surface area contributed by atoms with Gasteiger partial charge in [0.05, 0.1) is 23.4 Å². The van der Waals surface area contributed by atoms with Gasteiger partial charge in [0.15, 0.2) is 0 Å². The van der Waals surface area contributed by atoms with Crippen LogP contribution in [-0.4, -0.2) is 35.5 Å². The third kappa shape index (κ3) is 6.99. The molecule has 0 saturated heterocycles. The fraction of sp³-hybridized carbons (Fsp3) is 0.355. The molecule has 1 amide bonds. The monoisotopic (exact) mass is 538 g/mol. The molecule has 1 aliphatic carbocycles. The van der Waals surface area contributed by atoms with Gasteiger partial charge in [-0.25, -0.2) is 18.0 Å². The van der Waals surface area contributed by atoms with E-state index in [0.717, 1.165) is 0 Å². The largest absolute Gasteiger partial charge is 0.478 e. The van der Waals surface area contributed by atoms with Crippen LogP contribution in [0.5, 0.6) is 0 Å². The lowest BCUT2D eigenvalue weighted by atomic mass is 9.90. The van der Waals surface area contributed by atoms with Crippen molar-refractivity contribution in [2.45, 2.75) is 57.9 Å². The standard InChI is InChI=1S/C31H33F3N2O3/c1-20(2)19-36(23-13-15-31(33,34)16-14-23)28-12-11-21(24-8-4-5-9-25(24)30(38)39)17-27(28)35-29(37)18-22-7-3-6-10-26(22)32/h3-12,17,20,23H,13-16,18-19H2,1-2H3,(H,35,37)(H,38,39). The van der Waals surface area contributed by atoms with Gasteiger partial charge in [-0.15, -0.1) is 0 Å². The zero-order valence-corrected chi connectivity index (χ0v) is 22.1. The highest BCUT2D eigenvalue weighted by molar-refractivity contribution is 5.99. The quantitative estimate of drug-likeness (QED) is 0.298. The molecule has 0 radical (unpaired) electrons. The van der Waals surface area contributed by atoms with Gasteiger partial charge in [-0.05, 0) is 59.7 Å². The summed E-state index contributed by atoms with van der Waals surface area (Å²) in [5.41, 5.74) is 2.51. The third-order valence-electron chi connectivity index (χ3n) is 7.05. The number of anilines is 2. The molecule has 4 rings (SSSR count). The van der Waals surface area contributed by atoms with E-state index in [1.807, 2.05) is 19.9 Å². The van der Waals surface area contributed by atoms with E-state index in [2.05, 4.69) is 10.2 Å². The summed E-state index contributed by atoms with van der Waals surface area (Å²) in [6.45, 7) is 4.66. The normalized spacial score (nSPS) is 15.2. The van der Waals surface area contributed by atoms with Gasteiger partial charge in [0.1, 0.15) is 5.82 Å². The van der Waals surface area contributed by atoms with E-state index in [4.69, 9.17) is 0 Å². The van der Waals surface area contributed by atoms with E-state index >= 15 is 0 Å². The van der Waals surface area contributed by atoms with Crippen molar-refractivity contribution in [2.75, 3.05) is 16.8 Å². The summed E-state index contributed by atoms with van der Waals surface area (Å²) in [4.78, 5) is 27.1. The fourth-order valence-electron chi connectivity index (χ4n) is 5.16. The van der Waals surface area contributed by atoms with Crippen LogP contribution in [0.15, 0.2) is 66.7 Å². The molecule has 0 aromatic heterocycles. The molecule has 5 nitrogen and oxygen atoms in total. The topological polar surface area (TPSA) is 69.6 Å². The molecule has 2 N–H and O–H groups in total. The molecule has 0 spiro atoms. The van der Waals surface area contributed by atoms with Crippen molar-refractivity contribution in [3.05, 3.63) is 83.7 Å². The summed E-state index contributed by atoms with van der Waals surface area (Å²) in [6, 6.07) is 17.8. The van der Waals surface area contributed by atoms with Gasteiger partial charge in [0.2, 0.25) is 11.8 Å². The van der Waals surface area contributed by atoms with Gasteiger partial charge in [0, 0.05) is 25.4 Å². The second kappa shape index (κ2) is 11.9. The number of amides is 1. The Hall–Kier alpha value is -3.81. The van der Waals surface area contributed by atoms with E-state index in [1.165, 1.54) is 12.1 Å². The number of alkyl halides is 2. The lowest BCUT2D eigenvalue weighted by Gasteiger charge is -2.40. The number of nitrogens with zero attached hydrogens (tertiary/aromatic N) is 1. The number of carbonyl (C=O) groups is 2. The molecule has 8 heteroatoms. The van der Waals surface area contributed by atoms with E-state index in [1.54, 1.807) is 48.5 Å². The minimum atomic E-state index is -2.68. The van der Waals surface area contributed by atoms with Gasteiger partial charge < -0.3 is 15.3 Å². The van der Waals surface area contributed by atoms with Crippen LogP contribution >= 0.6 is 0 Å². The van der Waals surface area contributed by atoms with Gasteiger partial charge in [0.25, 0.3) is 0 Å². The van der Waals surface area contributed by atoms with Crippen molar-refractivity contribution >= 4 is 23.3 Å². The van der Waals surface area contributed by atoms with E-state index < -0.39 is 23.6 Å². The highest BCUT2D eigenvalue weighted by Gasteiger charge is 2.37. The molecule has 0 atom stereocenters. The molecule has 0 unspecified atom stereocenters. The van der Waals surface area contributed by atoms with E-state index in [0.29, 0.717) is 41.9 Å². The lowest BCUT2D eigenvalue weighted by Crippen LogP contribution is -2.43. The SMILES string of the molecule is CC(C)CN(c1ccc(-c2ccccc2C(=O)O)cc1NC(=O)Cc1ccccc1F)C1CCC(F)(F)CC1. The van der Waals surface area contributed by atoms with Crippen molar-refractivity contribution in [1.82, 2.24) is 0 Å². The molecular formula is C31H33F3N2O3. The first-order valence-electron chi connectivity index (χ1n) is 13.2. The molecule has 1 saturated carbocycles. The van der Waals surface area contributed by atoms with E-state index in [9.17, 15) is 27.9 Å². The Bertz CT molecular complexity index is 1330. The van der Waals surface area contributed by atoms with Gasteiger partial charge >= 0.3 is 5.97 Å². The van der Waals surface area contributed by atoms with Crippen LogP contribution < -0.4 is 10.2 Å². The number of carbonyl (C=O) groups excluding carboxylic acids is 1. The number of carboxylic acids is 1. The summed E-state index contributed by atoms with van der Waals surface area (Å²) in [6.07, 6.45) is 0.0242. The zero-order valence-electron chi connectivity index (χ0n) is 22.1. The maximum atomic E-state index is 14.2. The minimum absolute atomic E-state index is 0.113. The number of benzene rings is 3. The number of aromatic carboxylic acids is 1. The minimum Gasteiger partial charge on any atom is -0.478 e. The van der Waals surface area contributed by atoms with Crippen LogP contribution in [0, 0.1) is 11.7 Å². The molecule has 39 heavy (non-hydrogen) atoms. The van der Waals surface area contributed by atoms with Crippen LogP contribution in [0.2, 0.25) is 0 Å². The van der Waals surface area contributed by atoms with Gasteiger partial charge in [-0.2, -0.15) is 0 Å². The lowest BCUT2D eigenvalue weighted by molar-refractivity contribution is -0.115. The van der Waals surface area contributed by atoms with Crippen LogP contribution in [0.1, 0.15) is 55.5 Å². The Morgan fingerprint density at radius 1 is 1.03 bits per heavy atom. The molecule has 206 valence electrons. The van der Waals surface area contributed by atoms with Crippen molar-refractivity contribution in [1.29, 1.82) is 0 Å². The Morgan fingerprint density at radius 2 is 1.69 bits per heavy atom. The van der Waals surface area contributed by atoms with Crippen molar-refractivity contribution in [3.63, 3.8) is 0 Å². The number of nitrogens with one attached hydrogen (secondary N) is 1. The maximum absolute atomic E-state index is 14.2. The number of carboxylic acid groups (broad SMARTS) is 1. The smallest absolute Gasteiger partial charge is 0.336 e. The Kier molecular flexibility index (Phi) is 8.63. The molecule has 0 heterocycles. The number of hydrogen-bond donors (Lipinski definition) is 2. The Balaban J connectivity index is 1.75. The predicted molar refractivity (Wildman–Crippen MR) is 147 cm³/mol. The summed E-state index contributed by atoms with van der Waals surface area (Å²) in [5.74, 6) is -4.47. The summed E-state index contributed by atoms with van der Waals surface area (Å²) < 4.78 is 42.2. The molecule has 3 aromatic carbocycles. The number of rotatable bonds is 9. The maximum Gasteiger partial charge on any atom is 0.336 e. The van der Waals surface area contributed by atoms with Crippen molar-refractivity contribution in [3.8, 4) is 11.1 Å². The van der Waals surface area contributed by atoms with Crippen LogP contribution in [0.4, 0.5) is 24.5 Å². The zero-order chi connectivity index (χ0) is 28.2. The van der Waals surface area contributed by atoms with Crippen LogP contribution in [0.25, 0.3) is 11.1 Å². The van der Waals surface area contributed by atoms with Crippen molar-refractivity contribution in [2.24, 2.45) is 5.92 Å². The first-order chi connectivity index (χ1) is 18.5. The second-order valence-corrected chi connectivity index (χ2v) is 10.5. The first-order valence-corrected chi connectivity index (χ1v) is 13.2. The molecule has 0 aliphatic heterocycles. The predicted octanol–water partition coefficient (Wildman–Crippen LogP) is 7.41. The van der Waals surface area contributed by atoms with Crippen molar-refractivity contribution < 1.29 is 27.9 Å². The number of halogens is 3. The molecule has 3 aromatic rings. The average Bonchev–Trinajstić information content (AvgIpc) is 2.89. The van der Waals surface area contributed by atoms with E-state index in [-0.39, 0.29) is 42.3 Å². The Morgan fingerprint density at radius 3 is 2.36 bits per heavy atom. The Labute approximate surface area is 226 Å². The first kappa shape index (κ1) is 28.2. The highest BCUT2D eigenvalue weighted by Crippen LogP contribution is 2.40. The van der Waals surface area contributed by atoms with Gasteiger partial charge in [-0.1, -0.05) is 56.3 Å².